The molecule has 0 fully saturated rings. The van der Waals surface area contributed by atoms with Crippen LogP contribution in [0.5, 0.6) is 0 Å². The van der Waals surface area contributed by atoms with Gasteiger partial charge in [-0.2, -0.15) is 0 Å². The van der Waals surface area contributed by atoms with Gasteiger partial charge >= 0.3 is 7.82 Å². The van der Waals surface area contributed by atoms with Crippen molar-refractivity contribution in [1.82, 2.24) is 0 Å². The van der Waals surface area contributed by atoms with Crippen LogP contribution in [0, 0.1) is 0 Å². The zero-order valence-electron chi connectivity index (χ0n) is 3.28. The van der Waals surface area contributed by atoms with Crippen molar-refractivity contribution in [2.75, 3.05) is 0 Å². The molecule has 0 aliphatic heterocycles. The second-order valence-electron chi connectivity index (χ2n) is 0.572. The summed E-state index contributed by atoms with van der Waals surface area (Å²) in [6.45, 7) is 0. The number of hydrogen-bond donors (Lipinski definition) is 3. The molecule has 56 valence electrons. The summed E-state index contributed by atoms with van der Waals surface area (Å²) >= 11 is 0. The van der Waals surface area contributed by atoms with Crippen molar-refractivity contribution in [3.8, 4) is 0 Å². The van der Waals surface area contributed by atoms with E-state index in [2.05, 4.69) is 4.67 Å². The molecule has 0 bridgehead atoms. The zero-order chi connectivity index (χ0) is 5.21. The van der Waals surface area contributed by atoms with Gasteiger partial charge in [0.15, 0.2) is 0 Å². The zero-order valence-corrected chi connectivity index (χ0v) is 6.30. The summed E-state index contributed by atoms with van der Waals surface area (Å²) in [4.78, 5) is 14.9. The van der Waals surface area contributed by atoms with Crippen LogP contribution in [0.15, 0.2) is 0 Å². The van der Waals surface area contributed by atoms with Gasteiger partial charge in [-0.15, -0.1) is 4.67 Å². The van der Waals surface area contributed by atoms with Crippen molar-refractivity contribution < 1.29 is 58.4 Å². The Bertz CT molecular complexity index is 76.5. The molecule has 0 heterocycles. The van der Waals surface area contributed by atoms with E-state index in [1.165, 1.54) is 0 Å². The number of phosphoric acid groups is 1. The minimum Gasteiger partial charge on any atom is -0.301 e. The van der Waals surface area contributed by atoms with Crippen LogP contribution in [0.4, 0.5) is 0 Å². The number of hydrogen-bond acceptors (Lipinski definition) is 3. The Hall–Kier alpha value is 1.11. The van der Waals surface area contributed by atoms with Crippen LogP contribution in [-0.2, 0) is 43.4 Å². The van der Waals surface area contributed by atoms with E-state index in [0.717, 1.165) is 0 Å². The summed E-state index contributed by atoms with van der Waals surface area (Å²) in [6, 6.07) is 0. The average molecular weight is 232 g/mol. The Morgan fingerprint density at radius 3 is 1.50 bits per heavy atom. The van der Waals surface area contributed by atoms with Crippen molar-refractivity contribution in [2.45, 2.75) is 0 Å². The molecular weight excluding hydrogens is 229 g/mol. The second-order valence-corrected chi connectivity index (χ2v) is 1.72. The Balaban J connectivity index is -0.000000125. The van der Waals surface area contributed by atoms with Gasteiger partial charge in [-0.05, 0) is 0 Å². The Morgan fingerprint density at radius 2 is 1.50 bits per heavy atom. The Labute approximate surface area is 66.5 Å². The molecule has 0 aromatic carbocycles. The molecular formula is H3CuMnO5P. The molecule has 3 N–H and O–H groups in total. The SMILES string of the molecule is O=P(O)(O)OO.[Cu].[Mn]. The molecule has 0 rings (SSSR count). The van der Waals surface area contributed by atoms with E-state index < -0.39 is 7.82 Å². The van der Waals surface area contributed by atoms with Gasteiger partial charge in [0.25, 0.3) is 0 Å². The third-order valence-electron chi connectivity index (χ3n) is 0.106. The van der Waals surface area contributed by atoms with E-state index in [-0.39, 0.29) is 34.1 Å². The first kappa shape index (κ1) is 16.0. The van der Waals surface area contributed by atoms with Crippen LogP contribution < -0.4 is 0 Å². The van der Waals surface area contributed by atoms with Crippen molar-refractivity contribution in [2.24, 2.45) is 0 Å². The summed E-state index contributed by atoms with van der Waals surface area (Å²) in [7, 11) is -4.59. The quantitative estimate of drug-likeness (QED) is 0.247. The molecule has 8 heteroatoms. The minimum absolute atomic E-state index is 0. The van der Waals surface area contributed by atoms with E-state index in [9.17, 15) is 4.57 Å². The monoisotopic (exact) mass is 232 g/mol. The van der Waals surface area contributed by atoms with Gasteiger partial charge in [-0.25, -0.2) is 9.82 Å². The predicted octanol–water partition coefficient (Wildman–Crippen LogP) is -0.436. The fourth-order valence-electron chi connectivity index (χ4n) is 0. The summed E-state index contributed by atoms with van der Waals surface area (Å²) in [5.41, 5.74) is 0. The van der Waals surface area contributed by atoms with Gasteiger partial charge in [0.1, 0.15) is 0 Å². The number of rotatable bonds is 1. The molecule has 0 aliphatic carbocycles. The average Bonchev–Trinajstić information content (AvgIpc) is 1.35. The first-order valence-corrected chi connectivity index (χ1v) is 2.48. The predicted molar refractivity (Wildman–Crippen MR) is 15.8 cm³/mol. The molecule has 5 nitrogen and oxygen atoms in total. The van der Waals surface area contributed by atoms with Gasteiger partial charge in [0.05, 0.1) is 0 Å². The van der Waals surface area contributed by atoms with Gasteiger partial charge < -0.3 is 9.79 Å². The van der Waals surface area contributed by atoms with Crippen LogP contribution in [0.25, 0.3) is 0 Å². The summed E-state index contributed by atoms with van der Waals surface area (Å²) in [5, 5.41) is 7.14. The van der Waals surface area contributed by atoms with E-state index >= 15 is 0 Å². The van der Waals surface area contributed by atoms with Crippen molar-refractivity contribution in [1.29, 1.82) is 0 Å². The maximum atomic E-state index is 9.22. The van der Waals surface area contributed by atoms with Crippen LogP contribution in [0.2, 0.25) is 0 Å². The van der Waals surface area contributed by atoms with E-state index in [4.69, 9.17) is 15.0 Å². The van der Waals surface area contributed by atoms with Crippen molar-refractivity contribution >= 4 is 7.82 Å². The van der Waals surface area contributed by atoms with Gasteiger partial charge in [-0.3, -0.25) is 0 Å². The normalized spacial score (nSPS) is 8.88. The van der Waals surface area contributed by atoms with Gasteiger partial charge in [0.2, 0.25) is 0 Å². The van der Waals surface area contributed by atoms with Crippen LogP contribution >= 0.6 is 7.82 Å². The first-order valence-electron chi connectivity index (χ1n) is 0.948. The molecule has 0 aliphatic rings. The van der Waals surface area contributed by atoms with E-state index in [1.54, 1.807) is 0 Å². The molecule has 0 atom stereocenters. The molecule has 0 saturated carbocycles. The molecule has 0 aromatic rings. The Morgan fingerprint density at radius 1 is 1.38 bits per heavy atom. The topological polar surface area (TPSA) is 87.0 Å². The minimum atomic E-state index is -4.59. The molecule has 8 heavy (non-hydrogen) atoms. The maximum Gasteiger partial charge on any atom is 0.496 e. The molecule has 0 aromatic heterocycles. The van der Waals surface area contributed by atoms with Crippen LogP contribution in [0.3, 0.4) is 0 Å². The fourth-order valence-corrected chi connectivity index (χ4v) is 0. The van der Waals surface area contributed by atoms with Gasteiger partial charge in [-0.1, -0.05) is 0 Å². The fraction of sp³-hybridized carbons (Fsp3) is 0. The largest absolute Gasteiger partial charge is 0.496 e. The smallest absolute Gasteiger partial charge is 0.301 e. The second kappa shape index (κ2) is 6.23. The Kier molecular flexibility index (Phi) is 12.5. The van der Waals surface area contributed by atoms with Crippen LogP contribution in [-0.4, -0.2) is 15.0 Å². The summed E-state index contributed by atoms with van der Waals surface area (Å²) in [5.74, 6) is 0. The van der Waals surface area contributed by atoms with E-state index in [0.29, 0.717) is 0 Å². The maximum absolute atomic E-state index is 9.22. The first-order chi connectivity index (χ1) is 2.56. The summed E-state index contributed by atoms with van der Waals surface area (Å²) in [6.07, 6.45) is 0. The van der Waals surface area contributed by atoms with Crippen LogP contribution in [0.1, 0.15) is 0 Å². The van der Waals surface area contributed by atoms with Gasteiger partial charge in [0, 0.05) is 34.1 Å². The third-order valence-corrected chi connectivity index (χ3v) is 0.319. The summed E-state index contributed by atoms with van der Waals surface area (Å²) < 4.78 is 11.8. The molecule has 0 spiro atoms. The van der Waals surface area contributed by atoms with E-state index in [1.807, 2.05) is 0 Å². The molecule has 0 saturated heterocycles. The van der Waals surface area contributed by atoms with Crippen molar-refractivity contribution in [3.05, 3.63) is 0 Å². The molecule has 0 amide bonds. The third kappa shape index (κ3) is 15.7. The standard InChI is InChI=1S/Cu.Mn.H3O5P/c;;1-5-6(2,3)4/h;;1H,(H2,2,3,4). The van der Waals surface area contributed by atoms with Crippen molar-refractivity contribution in [3.63, 3.8) is 0 Å². The molecule has 2 radical (unpaired) electrons. The molecule has 0 unspecified atom stereocenters.